The largest absolute Gasteiger partial charge is 0.507 e. The summed E-state index contributed by atoms with van der Waals surface area (Å²) in [6.45, 7) is 23.0. The van der Waals surface area contributed by atoms with Gasteiger partial charge in [-0.15, -0.1) is 0 Å². The Kier molecular flexibility index (Phi) is 8.78. The van der Waals surface area contributed by atoms with E-state index in [0.717, 1.165) is 43.2 Å². The number of carbonyl (C=O) groups excluding carboxylic acids is 1. The van der Waals surface area contributed by atoms with E-state index in [4.69, 9.17) is 4.74 Å². The van der Waals surface area contributed by atoms with Gasteiger partial charge in [0.1, 0.15) is 5.75 Å². The highest BCUT2D eigenvalue weighted by atomic mass is 16.5. The predicted octanol–water partition coefficient (Wildman–Crippen LogP) is 7.24. The average molecular weight is 417 g/mol. The fourth-order valence-electron chi connectivity index (χ4n) is 3.88. The summed E-state index contributed by atoms with van der Waals surface area (Å²) in [7, 11) is 0. The summed E-state index contributed by atoms with van der Waals surface area (Å²) in [4.78, 5) is 12.1. The summed E-state index contributed by atoms with van der Waals surface area (Å²) in [6, 6.07) is 4.31. The van der Waals surface area contributed by atoms with Crippen LogP contribution in [0.3, 0.4) is 0 Å². The fourth-order valence-corrected chi connectivity index (χ4v) is 3.88. The molecule has 1 unspecified atom stereocenters. The first-order valence-electron chi connectivity index (χ1n) is 11.4. The van der Waals surface area contributed by atoms with E-state index < -0.39 is 0 Å². The molecule has 170 valence electrons. The molecule has 0 radical (unpaired) electrons. The molecule has 30 heavy (non-hydrogen) atoms. The second kappa shape index (κ2) is 10.0. The van der Waals surface area contributed by atoms with E-state index in [-0.39, 0.29) is 22.2 Å². The lowest BCUT2D eigenvalue weighted by Crippen LogP contribution is -2.31. The Labute approximate surface area is 184 Å². The van der Waals surface area contributed by atoms with Crippen LogP contribution in [0.25, 0.3) is 0 Å². The van der Waals surface area contributed by atoms with Gasteiger partial charge in [-0.1, -0.05) is 86.9 Å². The van der Waals surface area contributed by atoms with Crippen LogP contribution in [0, 0.1) is 5.41 Å². The Balaban J connectivity index is 3.46. The molecule has 1 aromatic carbocycles. The van der Waals surface area contributed by atoms with Gasteiger partial charge in [0.15, 0.2) is 0 Å². The molecule has 0 aromatic heterocycles. The molecule has 0 fully saturated rings. The highest BCUT2D eigenvalue weighted by Gasteiger charge is 2.33. The fraction of sp³-hybridized carbons (Fsp3) is 0.667. The highest BCUT2D eigenvalue weighted by molar-refractivity contribution is 5.86. The molecular weight excluding hydrogens is 372 g/mol. The normalized spacial score (nSPS) is 14.3. The van der Waals surface area contributed by atoms with Crippen LogP contribution >= 0.6 is 0 Å². The second-order valence-corrected chi connectivity index (χ2v) is 11.0. The second-order valence-electron chi connectivity index (χ2n) is 11.0. The lowest BCUT2D eigenvalue weighted by atomic mass is 9.73. The van der Waals surface area contributed by atoms with Crippen molar-refractivity contribution in [1.82, 2.24) is 0 Å². The number of aromatic hydroxyl groups is 1. The topological polar surface area (TPSA) is 46.5 Å². The molecule has 0 bridgehead atoms. The summed E-state index contributed by atoms with van der Waals surface area (Å²) < 4.78 is 5.66. The summed E-state index contributed by atoms with van der Waals surface area (Å²) in [6.07, 6.45) is 4.94. The number of carbonyl (C=O) groups is 1. The highest BCUT2D eigenvalue weighted by Crippen LogP contribution is 2.42. The van der Waals surface area contributed by atoms with E-state index >= 15 is 0 Å². The minimum Gasteiger partial charge on any atom is -0.507 e. The van der Waals surface area contributed by atoms with Crippen molar-refractivity contribution < 1.29 is 14.6 Å². The van der Waals surface area contributed by atoms with Crippen LogP contribution in [0.15, 0.2) is 24.3 Å². The van der Waals surface area contributed by atoms with Gasteiger partial charge >= 0.3 is 5.97 Å². The van der Waals surface area contributed by atoms with Crippen molar-refractivity contribution in [3.05, 3.63) is 41.0 Å². The number of phenols is 1. The Morgan fingerprint density at radius 3 is 1.90 bits per heavy atom. The quantitative estimate of drug-likeness (QED) is 0.341. The van der Waals surface area contributed by atoms with Crippen molar-refractivity contribution in [3.8, 4) is 5.75 Å². The Morgan fingerprint density at radius 2 is 1.53 bits per heavy atom. The van der Waals surface area contributed by atoms with Gasteiger partial charge in [0.25, 0.3) is 0 Å². The third-order valence-electron chi connectivity index (χ3n) is 6.03. The minimum atomic E-state index is -0.319. The monoisotopic (exact) mass is 416 g/mol. The van der Waals surface area contributed by atoms with Crippen molar-refractivity contribution in [2.45, 2.75) is 105 Å². The van der Waals surface area contributed by atoms with Crippen LogP contribution in [0.4, 0.5) is 0 Å². The van der Waals surface area contributed by atoms with Crippen LogP contribution < -0.4 is 0 Å². The van der Waals surface area contributed by atoms with Gasteiger partial charge in [-0.3, -0.25) is 0 Å². The molecule has 1 rings (SSSR count). The minimum absolute atomic E-state index is 0.123. The van der Waals surface area contributed by atoms with Gasteiger partial charge in [-0.05, 0) is 53.7 Å². The number of hydrogen-bond donors (Lipinski definition) is 1. The predicted molar refractivity (Wildman–Crippen MR) is 127 cm³/mol. The molecule has 1 aromatic rings. The molecule has 1 N–H and O–H groups in total. The van der Waals surface area contributed by atoms with Gasteiger partial charge in [-0.25, -0.2) is 4.79 Å². The molecule has 0 saturated carbocycles. The number of unbranched alkanes of at least 4 members (excludes halogenated alkanes) is 1. The van der Waals surface area contributed by atoms with Crippen molar-refractivity contribution in [2.75, 3.05) is 6.61 Å². The van der Waals surface area contributed by atoms with E-state index in [1.165, 1.54) is 5.56 Å². The Bertz CT molecular complexity index is 711. The van der Waals surface area contributed by atoms with Crippen molar-refractivity contribution >= 4 is 5.97 Å². The van der Waals surface area contributed by atoms with Crippen LogP contribution in [-0.2, 0) is 26.8 Å². The zero-order chi connectivity index (χ0) is 23.3. The average Bonchev–Trinajstić information content (AvgIpc) is 2.63. The maximum absolute atomic E-state index is 12.1. The number of rotatable bonds is 9. The van der Waals surface area contributed by atoms with Gasteiger partial charge < -0.3 is 9.84 Å². The molecule has 0 amide bonds. The molecular formula is C27H44O3. The molecule has 3 nitrogen and oxygen atoms in total. The molecule has 1 atom stereocenters. The number of benzene rings is 1. The maximum Gasteiger partial charge on any atom is 0.333 e. The molecule has 0 heterocycles. The van der Waals surface area contributed by atoms with E-state index in [0.29, 0.717) is 17.9 Å². The zero-order valence-corrected chi connectivity index (χ0v) is 20.9. The molecule has 0 aliphatic carbocycles. The number of esters is 1. The van der Waals surface area contributed by atoms with Gasteiger partial charge in [0.05, 0.1) is 6.61 Å². The standard InChI is InChI=1S/C27H44O3/c1-11-13-14-27(12-2,18-30-24(29)19(3)4)17-20-15-21(25(5,6)7)23(28)22(16-20)26(8,9)10/h15-16,28H,3,11-14,17-18H2,1-2,4-10H3. The van der Waals surface area contributed by atoms with Crippen molar-refractivity contribution in [2.24, 2.45) is 5.41 Å². The molecule has 3 heteroatoms. The van der Waals surface area contributed by atoms with E-state index in [2.05, 4.69) is 74.1 Å². The van der Waals surface area contributed by atoms with Crippen LogP contribution in [-0.4, -0.2) is 17.7 Å². The first-order chi connectivity index (χ1) is 13.7. The van der Waals surface area contributed by atoms with Gasteiger partial charge in [0, 0.05) is 11.0 Å². The Hall–Kier alpha value is -1.77. The van der Waals surface area contributed by atoms with Gasteiger partial charge in [0.2, 0.25) is 0 Å². The summed E-state index contributed by atoms with van der Waals surface area (Å²) in [5.41, 5.74) is 3.14. The van der Waals surface area contributed by atoms with Gasteiger partial charge in [-0.2, -0.15) is 0 Å². The van der Waals surface area contributed by atoms with Crippen molar-refractivity contribution in [1.29, 1.82) is 0 Å². The van der Waals surface area contributed by atoms with Crippen molar-refractivity contribution in [3.63, 3.8) is 0 Å². The smallest absolute Gasteiger partial charge is 0.333 e. The van der Waals surface area contributed by atoms with E-state index in [1.54, 1.807) is 6.92 Å². The maximum atomic E-state index is 12.1. The van der Waals surface area contributed by atoms with Crippen LogP contribution in [0.5, 0.6) is 5.75 Å². The first-order valence-corrected chi connectivity index (χ1v) is 11.4. The van der Waals surface area contributed by atoms with Crippen LogP contribution in [0.2, 0.25) is 0 Å². The third-order valence-corrected chi connectivity index (χ3v) is 6.03. The molecule has 0 spiro atoms. The molecule has 0 saturated heterocycles. The summed E-state index contributed by atoms with van der Waals surface area (Å²) in [5.74, 6) is 0.0870. The third kappa shape index (κ3) is 6.89. The van der Waals surface area contributed by atoms with Crippen LogP contribution in [0.1, 0.15) is 105 Å². The summed E-state index contributed by atoms with van der Waals surface area (Å²) >= 11 is 0. The lowest BCUT2D eigenvalue weighted by molar-refractivity contribution is -0.142. The number of ether oxygens (including phenoxy) is 1. The Morgan fingerprint density at radius 1 is 1.03 bits per heavy atom. The molecule has 0 aliphatic rings. The number of phenolic OH excluding ortho intramolecular Hbond substituents is 1. The molecule has 0 aliphatic heterocycles. The van der Waals surface area contributed by atoms with E-state index in [1.807, 2.05) is 0 Å². The first kappa shape index (κ1) is 26.3. The van der Waals surface area contributed by atoms with E-state index in [9.17, 15) is 9.90 Å². The summed E-state index contributed by atoms with van der Waals surface area (Å²) in [5, 5.41) is 11.0. The zero-order valence-electron chi connectivity index (χ0n) is 20.9. The SMILES string of the molecule is C=C(C)C(=O)OCC(CC)(CCCC)Cc1cc(C(C)(C)C)c(O)c(C(C)(C)C)c1. The lowest BCUT2D eigenvalue weighted by Gasteiger charge is -2.34. The number of hydrogen-bond acceptors (Lipinski definition) is 3.